The van der Waals surface area contributed by atoms with Crippen LogP contribution < -0.4 is 4.90 Å². The van der Waals surface area contributed by atoms with Crippen LogP contribution in [0.3, 0.4) is 0 Å². The molecule has 1 aliphatic heterocycles. The lowest BCUT2D eigenvalue weighted by atomic mass is 9.85. The molecule has 0 aromatic heterocycles. The number of allylic oxidation sites excluding steroid dienone is 2. The van der Waals surface area contributed by atoms with Gasteiger partial charge in [0.05, 0.1) is 17.5 Å². The zero-order valence-corrected chi connectivity index (χ0v) is 10.7. The first-order valence-corrected chi connectivity index (χ1v) is 6.42. The summed E-state index contributed by atoms with van der Waals surface area (Å²) in [6.45, 7) is 1.86. The highest BCUT2D eigenvalue weighted by Crippen LogP contribution is 2.40. The van der Waals surface area contributed by atoms with Crippen molar-refractivity contribution in [1.29, 1.82) is 0 Å². The lowest BCUT2D eigenvalue weighted by Gasteiger charge is -2.16. The van der Waals surface area contributed by atoms with Gasteiger partial charge in [0.1, 0.15) is 5.75 Å². The maximum absolute atomic E-state index is 12.4. The van der Waals surface area contributed by atoms with Crippen molar-refractivity contribution in [3.8, 4) is 5.75 Å². The number of hydrogen-bond donors (Lipinski definition) is 1. The molecule has 1 fully saturated rings. The van der Waals surface area contributed by atoms with E-state index in [0.717, 1.165) is 10.5 Å². The van der Waals surface area contributed by atoms with Crippen molar-refractivity contribution in [2.75, 3.05) is 4.90 Å². The van der Waals surface area contributed by atoms with E-state index in [2.05, 4.69) is 0 Å². The highest BCUT2D eigenvalue weighted by atomic mass is 16.3. The van der Waals surface area contributed by atoms with Crippen molar-refractivity contribution in [2.45, 2.75) is 19.8 Å². The molecule has 2 amide bonds. The molecule has 3 rings (SSSR count). The number of aryl methyl sites for hydroxylation is 1. The van der Waals surface area contributed by atoms with Crippen LogP contribution in [0.25, 0.3) is 0 Å². The van der Waals surface area contributed by atoms with Gasteiger partial charge in [-0.15, -0.1) is 0 Å². The van der Waals surface area contributed by atoms with Crippen LogP contribution in [-0.4, -0.2) is 16.9 Å². The van der Waals surface area contributed by atoms with Crippen molar-refractivity contribution in [2.24, 2.45) is 11.8 Å². The number of carbonyl (C=O) groups excluding carboxylic acids is 2. The van der Waals surface area contributed by atoms with Crippen LogP contribution in [0.1, 0.15) is 18.4 Å². The molecule has 1 saturated heterocycles. The van der Waals surface area contributed by atoms with Gasteiger partial charge in [0.25, 0.3) is 0 Å². The second-order valence-corrected chi connectivity index (χ2v) is 5.16. The molecule has 1 N–H and O–H groups in total. The fourth-order valence-corrected chi connectivity index (χ4v) is 2.85. The van der Waals surface area contributed by atoms with Crippen LogP contribution >= 0.6 is 0 Å². The maximum Gasteiger partial charge on any atom is 0.238 e. The minimum absolute atomic E-state index is 0.0288. The Bertz CT molecular complexity index is 565. The average Bonchev–Trinajstić information content (AvgIpc) is 2.66. The second kappa shape index (κ2) is 4.23. The van der Waals surface area contributed by atoms with Gasteiger partial charge in [-0.2, -0.15) is 0 Å². The van der Waals surface area contributed by atoms with Gasteiger partial charge in [-0.3, -0.25) is 9.59 Å². The molecule has 19 heavy (non-hydrogen) atoms. The summed E-state index contributed by atoms with van der Waals surface area (Å²) in [5, 5.41) is 9.90. The van der Waals surface area contributed by atoms with Crippen LogP contribution in [0.5, 0.6) is 5.75 Å². The van der Waals surface area contributed by atoms with E-state index >= 15 is 0 Å². The Morgan fingerprint density at radius 1 is 1.11 bits per heavy atom. The number of imide groups is 1. The van der Waals surface area contributed by atoms with Crippen LogP contribution in [0.4, 0.5) is 5.69 Å². The highest BCUT2D eigenvalue weighted by Gasteiger charge is 2.48. The molecule has 4 nitrogen and oxygen atoms in total. The number of nitrogens with zero attached hydrogens (tertiary/aromatic N) is 1. The lowest BCUT2D eigenvalue weighted by molar-refractivity contribution is -0.122. The standard InChI is InChI=1S/C15H15NO3/c1-9-6-7-13(17)12(8-9)16-14(18)10-4-2-3-5-11(10)15(16)19/h2-3,6-8,10-11,17H,4-5H2,1H3/t10-,11-/m1/s1. The summed E-state index contributed by atoms with van der Waals surface area (Å²) in [7, 11) is 0. The Balaban J connectivity index is 2.04. The molecule has 2 aliphatic rings. The topological polar surface area (TPSA) is 57.6 Å². The van der Waals surface area contributed by atoms with Gasteiger partial charge in [0.15, 0.2) is 0 Å². The van der Waals surface area contributed by atoms with Crippen molar-refractivity contribution >= 4 is 17.5 Å². The summed E-state index contributed by atoms with van der Waals surface area (Å²) in [6.07, 6.45) is 5.12. The number of amides is 2. The molecule has 4 heteroatoms. The zero-order chi connectivity index (χ0) is 13.6. The van der Waals surface area contributed by atoms with E-state index in [-0.39, 0.29) is 29.4 Å². The van der Waals surface area contributed by atoms with Gasteiger partial charge >= 0.3 is 0 Å². The van der Waals surface area contributed by atoms with E-state index in [1.807, 2.05) is 19.1 Å². The molecule has 1 heterocycles. The first kappa shape index (κ1) is 12.0. The van der Waals surface area contributed by atoms with Crippen molar-refractivity contribution < 1.29 is 14.7 Å². The van der Waals surface area contributed by atoms with Crippen molar-refractivity contribution in [3.63, 3.8) is 0 Å². The van der Waals surface area contributed by atoms with Crippen LogP contribution in [0.2, 0.25) is 0 Å². The summed E-state index contributed by atoms with van der Waals surface area (Å²) >= 11 is 0. The van der Waals surface area contributed by atoms with E-state index < -0.39 is 0 Å². The molecule has 2 atom stereocenters. The molecule has 0 radical (unpaired) electrons. The monoisotopic (exact) mass is 257 g/mol. The average molecular weight is 257 g/mol. The Morgan fingerprint density at radius 2 is 1.68 bits per heavy atom. The smallest absolute Gasteiger partial charge is 0.238 e. The summed E-state index contributed by atoms with van der Waals surface area (Å²) in [4.78, 5) is 25.9. The number of carbonyl (C=O) groups is 2. The fourth-order valence-electron chi connectivity index (χ4n) is 2.85. The molecule has 0 spiro atoms. The Labute approximate surface area is 111 Å². The SMILES string of the molecule is Cc1ccc(O)c(N2C(=O)[C@@H]3CC=CC[C@H]3C2=O)c1. The number of phenols is 1. The third kappa shape index (κ3) is 1.75. The van der Waals surface area contributed by atoms with E-state index in [9.17, 15) is 14.7 Å². The van der Waals surface area contributed by atoms with E-state index in [4.69, 9.17) is 0 Å². The van der Waals surface area contributed by atoms with E-state index in [1.165, 1.54) is 6.07 Å². The number of hydrogen-bond acceptors (Lipinski definition) is 3. The second-order valence-electron chi connectivity index (χ2n) is 5.16. The summed E-state index contributed by atoms with van der Waals surface area (Å²) in [6, 6.07) is 4.94. The minimum Gasteiger partial charge on any atom is -0.506 e. The molecule has 1 aromatic carbocycles. The summed E-state index contributed by atoms with van der Waals surface area (Å²) in [5.41, 5.74) is 1.21. The third-order valence-corrected chi connectivity index (χ3v) is 3.88. The number of benzene rings is 1. The van der Waals surface area contributed by atoms with Gasteiger partial charge in [-0.1, -0.05) is 18.2 Å². The minimum atomic E-state index is -0.266. The van der Waals surface area contributed by atoms with Gasteiger partial charge in [0.2, 0.25) is 11.8 Å². The Kier molecular flexibility index (Phi) is 2.66. The molecule has 0 bridgehead atoms. The summed E-state index contributed by atoms with van der Waals surface area (Å²) in [5.74, 6) is -0.950. The molecule has 0 saturated carbocycles. The molecule has 0 unspecified atom stereocenters. The van der Waals surface area contributed by atoms with Crippen LogP contribution in [0.15, 0.2) is 30.4 Å². The van der Waals surface area contributed by atoms with Gasteiger partial charge in [-0.25, -0.2) is 4.90 Å². The molecular weight excluding hydrogens is 242 g/mol. The number of aromatic hydroxyl groups is 1. The predicted molar refractivity (Wildman–Crippen MR) is 70.7 cm³/mol. The first-order chi connectivity index (χ1) is 9.09. The van der Waals surface area contributed by atoms with E-state index in [0.29, 0.717) is 18.5 Å². The largest absolute Gasteiger partial charge is 0.506 e. The first-order valence-electron chi connectivity index (χ1n) is 6.42. The molecule has 98 valence electrons. The molecular formula is C15H15NO3. The number of phenolic OH excluding ortho intramolecular Hbond substituents is 1. The molecule has 1 aromatic rings. The highest BCUT2D eigenvalue weighted by molar-refractivity contribution is 6.22. The molecule has 1 aliphatic carbocycles. The number of rotatable bonds is 1. The Hall–Kier alpha value is -2.10. The van der Waals surface area contributed by atoms with Crippen LogP contribution in [0, 0.1) is 18.8 Å². The lowest BCUT2D eigenvalue weighted by Crippen LogP contribution is -2.31. The van der Waals surface area contributed by atoms with Crippen molar-refractivity contribution in [3.05, 3.63) is 35.9 Å². The predicted octanol–water partition coefficient (Wildman–Crippen LogP) is 2.16. The van der Waals surface area contributed by atoms with Gasteiger partial charge in [-0.05, 0) is 37.5 Å². The fraction of sp³-hybridized carbons (Fsp3) is 0.333. The van der Waals surface area contributed by atoms with Crippen molar-refractivity contribution in [1.82, 2.24) is 0 Å². The van der Waals surface area contributed by atoms with Gasteiger partial charge < -0.3 is 5.11 Å². The normalized spacial score (nSPS) is 25.8. The number of fused-ring (bicyclic) bond motifs is 1. The quantitative estimate of drug-likeness (QED) is 0.619. The third-order valence-electron chi connectivity index (χ3n) is 3.88. The maximum atomic E-state index is 12.4. The van der Waals surface area contributed by atoms with Gasteiger partial charge in [0, 0.05) is 0 Å². The van der Waals surface area contributed by atoms with Crippen LogP contribution in [-0.2, 0) is 9.59 Å². The zero-order valence-electron chi connectivity index (χ0n) is 10.7. The van der Waals surface area contributed by atoms with E-state index in [1.54, 1.807) is 12.1 Å². The Morgan fingerprint density at radius 3 is 2.26 bits per heavy atom. The summed E-state index contributed by atoms with van der Waals surface area (Å²) < 4.78 is 0. The number of anilines is 1.